The van der Waals surface area contributed by atoms with Gasteiger partial charge in [0.15, 0.2) is 17.2 Å². The first-order chi connectivity index (χ1) is 11.0. The molecule has 1 aromatic carbocycles. The molecule has 0 radical (unpaired) electrons. The highest BCUT2D eigenvalue weighted by Gasteiger charge is 2.52. The molecule has 2 fully saturated rings. The van der Waals surface area contributed by atoms with Crippen LogP contribution >= 0.6 is 24.0 Å². The van der Waals surface area contributed by atoms with Crippen LogP contribution in [0.3, 0.4) is 0 Å². The summed E-state index contributed by atoms with van der Waals surface area (Å²) in [5.41, 5.74) is 0.0639. The zero-order valence-electron chi connectivity index (χ0n) is 13.5. The molecule has 7 heteroatoms. The second kappa shape index (κ2) is 6.37. The van der Waals surface area contributed by atoms with E-state index in [2.05, 4.69) is 0 Å². The molecule has 2 aliphatic rings. The van der Waals surface area contributed by atoms with Crippen molar-refractivity contribution < 1.29 is 19.3 Å². The molecule has 1 N–H and O–H groups in total. The molecule has 0 spiro atoms. The third-order valence-electron chi connectivity index (χ3n) is 4.44. The van der Waals surface area contributed by atoms with Gasteiger partial charge in [0.1, 0.15) is 4.32 Å². The minimum atomic E-state index is -0.847. The molecular weight excluding hydrogens is 334 g/mol. The molecule has 0 amide bonds. The van der Waals surface area contributed by atoms with E-state index in [-0.39, 0.29) is 0 Å². The van der Waals surface area contributed by atoms with Crippen molar-refractivity contribution in [3.05, 3.63) is 17.7 Å². The maximum absolute atomic E-state index is 11.0. The lowest BCUT2D eigenvalue weighted by Crippen LogP contribution is -2.48. The Kier molecular flexibility index (Phi) is 4.62. The number of methoxy groups -OCH3 is 3. The van der Waals surface area contributed by atoms with Gasteiger partial charge in [-0.25, -0.2) is 0 Å². The molecule has 1 heterocycles. The monoisotopic (exact) mass is 355 g/mol. The van der Waals surface area contributed by atoms with Gasteiger partial charge in [-0.15, -0.1) is 0 Å². The van der Waals surface area contributed by atoms with Crippen LogP contribution < -0.4 is 14.2 Å². The largest absolute Gasteiger partial charge is 0.493 e. The summed E-state index contributed by atoms with van der Waals surface area (Å²) in [4.78, 5) is 1.93. The number of hydrogen-bond donors (Lipinski definition) is 1. The Bertz CT molecular complexity index is 620. The Morgan fingerprint density at radius 2 is 1.91 bits per heavy atom. The summed E-state index contributed by atoms with van der Waals surface area (Å²) < 4.78 is 17.0. The van der Waals surface area contributed by atoms with Gasteiger partial charge in [-0.1, -0.05) is 24.0 Å². The average Bonchev–Trinajstić information content (AvgIpc) is 3.37. The van der Waals surface area contributed by atoms with E-state index < -0.39 is 5.72 Å². The van der Waals surface area contributed by atoms with Crippen LogP contribution in [0.1, 0.15) is 18.4 Å². The Hall–Kier alpha value is -1.18. The summed E-state index contributed by atoms with van der Waals surface area (Å²) in [7, 11) is 4.78. The number of aliphatic hydroxyl groups is 1. The van der Waals surface area contributed by atoms with Gasteiger partial charge in [0.05, 0.1) is 27.9 Å². The number of ether oxygens (including phenoxy) is 3. The van der Waals surface area contributed by atoms with E-state index in [1.54, 1.807) is 33.1 Å². The first-order valence-electron chi connectivity index (χ1n) is 7.49. The molecule has 1 aromatic rings. The summed E-state index contributed by atoms with van der Waals surface area (Å²) in [5.74, 6) is 2.72. The van der Waals surface area contributed by atoms with Crippen LogP contribution in [0.25, 0.3) is 0 Å². The van der Waals surface area contributed by atoms with Gasteiger partial charge in [-0.2, -0.15) is 0 Å². The highest BCUT2D eigenvalue weighted by molar-refractivity contribution is 8.23. The predicted molar refractivity (Wildman–Crippen MR) is 94.4 cm³/mol. The minimum absolute atomic E-state index is 0.307. The normalized spacial score (nSPS) is 24.0. The minimum Gasteiger partial charge on any atom is -0.493 e. The molecule has 23 heavy (non-hydrogen) atoms. The molecule has 0 bridgehead atoms. The van der Waals surface area contributed by atoms with Crippen LogP contribution in [-0.2, 0) is 6.54 Å². The van der Waals surface area contributed by atoms with Gasteiger partial charge >= 0.3 is 0 Å². The first-order valence-corrected chi connectivity index (χ1v) is 8.89. The number of rotatable bonds is 6. The summed E-state index contributed by atoms with van der Waals surface area (Å²) in [6.45, 7) is 0.488. The van der Waals surface area contributed by atoms with Crippen molar-refractivity contribution in [3.8, 4) is 17.2 Å². The van der Waals surface area contributed by atoms with Crippen molar-refractivity contribution in [2.75, 3.05) is 27.1 Å². The summed E-state index contributed by atoms with van der Waals surface area (Å²) in [6, 6.07) is 3.78. The van der Waals surface area contributed by atoms with Crippen molar-refractivity contribution in [2.45, 2.75) is 25.1 Å². The fourth-order valence-corrected chi connectivity index (χ4v) is 4.53. The van der Waals surface area contributed by atoms with Gasteiger partial charge in [0.2, 0.25) is 5.75 Å². The summed E-state index contributed by atoms with van der Waals surface area (Å²) >= 11 is 7.00. The number of benzene rings is 1. The third kappa shape index (κ3) is 2.86. The zero-order chi connectivity index (χ0) is 16.6. The molecule has 1 aliphatic carbocycles. The second-order valence-electron chi connectivity index (χ2n) is 5.79. The lowest BCUT2D eigenvalue weighted by molar-refractivity contribution is -0.0642. The highest BCUT2D eigenvalue weighted by atomic mass is 32.2. The smallest absolute Gasteiger partial charge is 0.203 e. The maximum atomic E-state index is 11.0. The molecule has 1 atom stereocenters. The van der Waals surface area contributed by atoms with Crippen molar-refractivity contribution in [3.63, 3.8) is 0 Å². The van der Waals surface area contributed by atoms with E-state index in [0.29, 0.717) is 35.5 Å². The molecule has 0 aromatic heterocycles. The van der Waals surface area contributed by atoms with E-state index in [4.69, 9.17) is 26.4 Å². The van der Waals surface area contributed by atoms with E-state index in [1.165, 1.54) is 0 Å². The van der Waals surface area contributed by atoms with Crippen molar-refractivity contribution in [2.24, 2.45) is 5.92 Å². The summed E-state index contributed by atoms with van der Waals surface area (Å²) in [6.07, 6.45) is 2.11. The van der Waals surface area contributed by atoms with Gasteiger partial charge in [0.25, 0.3) is 0 Å². The molecule has 3 rings (SSSR count). The first kappa shape index (κ1) is 16.7. The van der Waals surface area contributed by atoms with Crippen LogP contribution in [0.4, 0.5) is 0 Å². The Morgan fingerprint density at radius 1 is 1.22 bits per heavy atom. The van der Waals surface area contributed by atoms with Crippen LogP contribution in [0.15, 0.2) is 12.1 Å². The van der Waals surface area contributed by atoms with Crippen molar-refractivity contribution in [1.82, 2.24) is 4.90 Å². The molecule has 1 unspecified atom stereocenters. The maximum Gasteiger partial charge on any atom is 0.203 e. The topological polar surface area (TPSA) is 51.2 Å². The van der Waals surface area contributed by atoms with E-state index >= 15 is 0 Å². The Labute approximate surface area is 145 Å². The number of nitrogens with zero attached hydrogens (tertiary/aromatic N) is 1. The molecule has 1 aliphatic heterocycles. The number of thiocarbonyl (C=S) groups is 1. The standard InChI is InChI=1S/C16H21NO4S2/c1-19-12-7-4-10(13(20-2)14(12)21-3)8-17-15(22)23-9-16(17,18)11-5-6-11/h4,7,11,18H,5-6,8-9H2,1-3H3. The molecule has 126 valence electrons. The lowest BCUT2D eigenvalue weighted by Gasteiger charge is -2.34. The summed E-state index contributed by atoms with van der Waals surface area (Å²) in [5, 5.41) is 11.0. The zero-order valence-corrected chi connectivity index (χ0v) is 15.1. The highest BCUT2D eigenvalue weighted by Crippen LogP contribution is 2.49. The molecular formula is C16H21NO4S2. The van der Waals surface area contributed by atoms with Gasteiger partial charge < -0.3 is 24.2 Å². The second-order valence-corrected chi connectivity index (χ2v) is 7.40. The van der Waals surface area contributed by atoms with Crippen molar-refractivity contribution >= 4 is 28.3 Å². The van der Waals surface area contributed by atoms with Gasteiger partial charge in [-0.05, 0) is 25.0 Å². The predicted octanol–water partition coefficient (Wildman–Crippen LogP) is 2.64. The van der Waals surface area contributed by atoms with E-state index in [9.17, 15) is 5.11 Å². The number of thioether (sulfide) groups is 1. The fourth-order valence-electron chi connectivity index (χ4n) is 3.03. The average molecular weight is 355 g/mol. The van der Waals surface area contributed by atoms with Crippen LogP contribution in [0.5, 0.6) is 17.2 Å². The quantitative estimate of drug-likeness (QED) is 0.787. The van der Waals surface area contributed by atoms with E-state index in [1.807, 2.05) is 17.0 Å². The molecule has 5 nitrogen and oxygen atoms in total. The number of hydrogen-bond acceptors (Lipinski definition) is 6. The van der Waals surface area contributed by atoms with Gasteiger partial charge in [-0.3, -0.25) is 0 Å². The Balaban J connectivity index is 1.94. The van der Waals surface area contributed by atoms with Gasteiger partial charge in [0, 0.05) is 17.2 Å². The van der Waals surface area contributed by atoms with Crippen LogP contribution in [0, 0.1) is 5.92 Å². The fraction of sp³-hybridized carbons (Fsp3) is 0.562. The van der Waals surface area contributed by atoms with Crippen LogP contribution in [0.2, 0.25) is 0 Å². The van der Waals surface area contributed by atoms with Crippen molar-refractivity contribution in [1.29, 1.82) is 0 Å². The third-order valence-corrected chi connectivity index (χ3v) is 6.05. The van der Waals surface area contributed by atoms with Crippen LogP contribution in [-0.4, -0.2) is 47.1 Å². The lowest BCUT2D eigenvalue weighted by atomic mass is 10.1. The molecule has 1 saturated carbocycles. The van der Waals surface area contributed by atoms with E-state index in [0.717, 1.165) is 22.7 Å². The SMILES string of the molecule is COc1ccc(CN2C(=S)SCC2(O)C2CC2)c(OC)c1OC. The molecule has 1 saturated heterocycles. The Morgan fingerprint density at radius 3 is 2.48 bits per heavy atom.